The van der Waals surface area contributed by atoms with Gasteiger partial charge in [0.1, 0.15) is 0 Å². The summed E-state index contributed by atoms with van der Waals surface area (Å²) >= 11 is 1.39. The first kappa shape index (κ1) is 13.7. The molecule has 3 rings (SSSR count). The Hall–Kier alpha value is -2.23. The van der Waals surface area contributed by atoms with Gasteiger partial charge in [-0.15, -0.1) is 11.3 Å². The van der Waals surface area contributed by atoms with Crippen molar-refractivity contribution in [3.8, 4) is 6.07 Å². The molecule has 0 saturated carbocycles. The number of nitrogen functional groups attached to an aromatic ring is 1. The Morgan fingerprint density at radius 1 is 1.29 bits per heavy atom. The highest BCUT2D eigenvalue weighted by atomic mass is 32.2. The van der Waals surface area contributed by atoms with Gasteiger partial charge in [-0.3, -0.25) is 4.21 Å². The summed E-state index contributed by atoms with van der Waals surface area (Å²) in [5.41, 5.74) is 8.66. The summed E-state index contributed by atoms with van der Waals surface area (Å²) in [5.74, 6) is 0.352. The Balaban J connectivity index is 1.88. The lowest BCUT2D eigenvalue weighted by molar-refractivity contribution is 0.682. The second-order valence-corrected chi connectivity index (χ2v) is 7.16. The van der Waals surface area contributed by atoms with Crippen molar-refractivity contribution in [2.75, 3.05) is 5.73 Å². The van der Waals surface area contributed by atoms with Gasteiger partial charge in [0, 0.05) is 5.69 Å². The number of hydrogen-bond acceptors (Lipinski definition) is 5. The molecule has 1 unspecified atom stereocenters. The summed E-state index contributed by atoms with van der Waals surface area (Å²) in [4.78, 5) is 4.39. The van der Waals surface area contributed by atoms with Gasteiger partial charge in [0.25, 0.3) is 0 Å². The Morgan fingerprint density at radius 3 is 2.95 bits per heavy atom. The van der Waals surface area contributed by atoms with Crippen LogP contribution in [0.5, 0.6) is 0 Å². The molecular formula is C15H11N3OS2. The molecule has 0 amide bonds. The molecule has 0 spiro atoms. The van der Waals surface area contributed by atoms with E-state index in [1.165, 1.54) is 11.3 Å². The second-order valence-electron chi connectivity index (χ2n) is 4.51. The van der Waals surface area contributed by atoms with Crippen LogP contribution in [0.25, 0.3) is 10.2 Å². The van der Waals surface area contributed by atoms with E-state index in [4.69, 9.17) is 11.0 Å². The lowest BCUT2D eigenvalue weighted by atomic mass is 10.2. The quantitative estimate of drug-likeness (QED) is 0.754. The van der Waals surface area contributed by atoms with Crippen LogP contribution in [0.4, 0.5) is 5.69 Å². The molecule has 0 aliphatic rings. The van der Waals surface area contributed by atoms with Crippen molar-refractivity contribution < 1.29 is 4.21 Å². The van der Waals surface area contributed by atoms with Crippen molar-refractivity contribution in [2.24, 2.45) is 0 Å². The van der Waals surface area contributed by atoms with Crippen molar-refractivity contribution in [3.05, 3.63) is 53.6 Å². The number of nitrogens with two attached hydrogens (primary N) is 1. The van der Waals surface area contributed by atoms with Crippen LogP contribution in [0.3, 0.4) is 0 Å². The number of hydrogen-bond donors (Lipinski definition) is 1. The molecule has 0 radical (unpaired) electrons. The van der Waals surface area contributed by atoms with Crippen molar-refractivity contribution in [3.63, 3.8) is 0 Å². The van der Waals surface area contributed by atoms with Gasteiger partial charge in [0.05, 0.1) is 38.4 Å². The number of benzene rings is 2. The highest BCUT2D eigenvalue weighted by molar-refractivity contribution is 7.86. The molecule has 0 aliphatic heterocycles. The number of anilines is 1. The van der Waals surface area contributed by atoms with E-state index in [1.54, 1.807) is 24.3 Å². The fourth-order valence-corrected chi connectivity index (χ4v) is 4.33. The molecule has 2 aromatic carbocycles. The van der Waals surface area contributed by atoms with Gasteiger partial charge in [-0.25, -0.2) is 4.98 Å². The Labute approximate surface area is 128 Å². The fourth-order valence-electron chi connectivity index (χ4n) is 1.96. The van der Waals surface area contributed by atoms with Crippen molar-refractivity contribution >= 4 is 38.0 Å². The molecule has 0 aliphatic carbocycles. The number of aromatic nitrogens is 1. The standard InChI is InChI=1S/C15H11N3OS2/c16-8-10-2-1-3-11(6-10)9-21(19)15-18-13-5-4-12(17)7-14(13)20-15/h1-7H,9,17H2. The molecule has 3 aromatic rings. The van der Waals surface area contributed by atoms with Crippen LogP contribution in [0, 0.1) is 11.3 Å². The van der Waals surface area contributed by atoms with E-state index >= 15 is 0 Å². The number of thiazole rings is 1. The van der Waals surface area contributed by atoms with Gasteiger partial charge in [0.15, 0.2) is 4.34 Å². The van der Waals surface area contributed by atoms with E-state index in [0.29, 0.717) is 21.3 Å². The lowest BCUT2D eigenvalue weighted by Crippen LogP contribution is -1.96. The van der Waals surface area contributed by atoms with Crippen LogP contribution >= 0.6 is 11.3 Å². The van der Waals surface area contributed by atoms with Gasteiger partial charge in [-0.2, -0.15) is 5.26 Å². The maximum absolute atomic E-state index is 12.4. The first-order chi connectivity index (χ1) is 10.2. The summed E-state index contributed by atoms with van der Waals surface area (Å²) < 4.78 is 13.9. The minimum Gasteiger partial charge on any atom is -0.399 e. The summed E-state index contributed by atoms with van der Waals surface area (Å²) in [6, 6.07) is 14.7. The molecule has 2 N–H and O–H groups in total. The average molecular weight is 313 g/mol. The normalized spacial score (nSPS) is 12.1. The predicted molar refractivity (Wildman–Crippen MR) is 85.3 cm³/mol. The van der Waals surface area contributed by atoms with Gasteiger partial charge < -0.3 is 5.73 Å². The maximum atomic E-state index is 12.4. The van der Waals surface area contributed by atoms with Crippen LogP contribution in [0.2, 0.25) is 0 Å². The summed E-state index contributed by atoms with van der Waals surface area (Å²) in [5, 5.41) is 8.89. The lowest BCUT2D eigenvalue weighted by Gasteiger charge is -1.99. The van der Waals surface area contributed by atoms with E-state index in [1.807, 2.05) is 18.2 Å². The van der Waals surface area contributed by atoms with Crippen LogP contribution in [-0.4, -0.2) is 9.19 Å². The van der Waals surface area contributed by atoms with Crippen LogP contribution in [0.15, 0.2) is 46.8 Å². The molecule has 0 bridgehead atoms. The maximum Gasteiger partial charge on any atom is 0.182 e. The van der Waals surface area contributed by atoms with E-state index in [0.717, 1.165) is 15.8 Å². The van der Waals surface area contributed by atoms with Crippen molar-refractivity contribution in [1.82, 2.24) is 4.98 Å². The van der Waals surface area contributed by atoms with E-state index < -0.39 is 10.8 Å². The minimum absolute atomic E-state index is 0.352. The fraction of sp³-hybridized carbons (Fsp3) is 0.0667. The first-order valence-corrected chi connectivity index (χ1v) is 8.33. The molecule has 104 valence electrons. The zero-order valence-electron chi connectivity index (χ0n) is 10.9. The molecular weight excluding hydrogens is 302 g/mol. The molecule has 1 heterocycles. The topological polar surface area (TPSA) is 79.8 Å². The molecule has 1 aromatic heterocycles. The molecule has 0 fully saturated rings. The number of nitriles is 1. The third-order valence-corrected chi connectivity index (χ3v) is 5.64. The zero-order valence-corrected chi connectivity index (χ0v) is 12.6. The first-order valence-electron chi connectivity index (χ1n) is 6.19. The Kier molecular flexibility index (Phi) is 3.69. The van der Waals surface area contributed by atoms with Crippen molar-refractivity contribution in [1.29, 1.82) is 5.26 Å². The predicted octanol–water partition coefficient (Wildman–Crippen LogP) is 3.06. The van der Waals surface area contributed by atoms with Crippen LogP contribution in [0.1, 0.15) is 11.1 Å². The van der Waals surface area contributed by atoms with Crippen molar-refractivity contribution in [2.45, 2.75) is 10.1 Å². The monoisotopic (exact) mass is 313 g/mol. The zero-order chi connectivity index (χ0) is 14.8. The molecule has 6 heteroatoms. The minimum atomic E-state index is -1.23. The van der Waals surface area contributed by atoms with Gasteiger partial charge >= 0.3 is 0 Å². The SMILES string of the molecule is N#Cc1cccc(CS(=O)c2nc3ccc(N)cc3s2)c1. The van der Waals surface area contributed by atoms with Crippen LogP contribution < -0.4 is 5.73 Å². The van der Waals surface area contributed by atoms with Crippen LogP contribution in [-0.2, 0) is 16.6 Å². The smallest absolute Gasteiger partial charge is 0.182 e. The van der Waals surface area contributed by atoms with Gasteiger partial charge in [-0.1, -0.05) is 12.1 Å². The molecule has 4 nitrogen and oxygen atoms in total. The average Bonchev–Trinajstić information content (AvgIpc) is 2.90. The molecule has 1 atom stereocenters. The summed E-state index contributed by atoms with van der Waals surface area (Å²) in [7, 11) is -1.23. The number of fused-ring (bicyclic) bond motifs is 1. The van der Waals surface area contributed by atoms with E-state index in [9.17, 15) is 4.21 Å². The van der Waals surface area contributed by atoms with E-state index in [2.05, 4.69) is 11.1 Å². The number of rotatable bonds is 3. The Morgan fingerprint density at radius 2 is 2.14 bits per heavy atom. The largest absolute Gasteiger partial charge is 0.399 e. The number of nitrogens with zero attached hydrogens (tertiary/aromatic N) is 2. The molecule has 0 saturated heterocycles. The highest BCUT2D eigenvalue weighted by Gasteiger charge is 2.12. The van der Waals surface area contributed by atoms with Gasteiger partial charge in [-0.05, 0) is 35.9 Å². The third kappa shape index (κ3) is 2.94. The summed E-state index contributed by atoms with van der Waals surface area (Å²) in [6.45, 7) is 0. The third-order valence-electron chi connectivity index (χ3n) is 2.94. The summed E-state index contributed by atoms with van der Waals surface area (Å²) in [6.07, 6.45) is 0. The van der Waals surface area contributed by atoms with Gasteiger partial charge in [0.2, 0.25) is 0 Å². The van der Waals surface area contributed by atoms with E-state index in [-0.39, 0.29) is 0 Å². The highest BCUT2D eigenvalue weighted by Crippen LogP contribution is 2.27. The Bertz CT molecular complexity index is 880. The molecule has 21 heavy (non-hydrogen) atoms. The second kappa shape index (κ2) is 5.64.